The van der Waals surface area contributed by atoms with Crippen LogP contribution >= 0.6 is 0 Å². The fraction of sp³-hybridized carbons (Fsp3) is 0.500. The second-order valence-electron chi connectivity index (χ2n) is 5.38. The van der Waals surface area contributed by atoms with Gasteiger partial charge in [0.15, 0.2) is 0 Å². The summed E-state index contributed by atoms with van der Waals surface area (Å²) in [6.45, 7) is 1.37. The molecule has 1 aromatic rings. The van der Waals surface area contributed by atoms with Crippen LogP contribution in [0.2, 0.25) is 0 Å². The lowest BCUT2D eigenvalue weighted by atomic mass is 10.2. The van der Waals surface area contributed by atoms with Gasteiger partial charge in [-0.3, -0.25) is 9.78 Å². The van der Waals surface area contributed by atoms with Crippen LogP contribution in [0.25, 0.3) is 0 Å². The van der Waals surface area contributed by atoms with Gasteiger partial charge in [0.25, 0.3) is 0 Å². The third-order valence-electron chi connectivity index (χ3n) is 3.58. The van der Waals surface area contributed by atoms with E-state index in [1.54, 1.807) is 0 Å². The van der Waals surface area contributed by atoms with Gasteiger partial charge in [0, 0.05) is 31.4 Å². The van der Waals surface area contributed by atoms with E-state index in [0.717, 1.165) is 12.8 Å². The Bertz CT molecular complexity index is 673. The van der Waals surface area contributed by atoms with Gasteiger partial charge < -0.3 is 10.0 Å². The number of amides is 1. The summed E-state index contributed by atoms with van der Waals surface area (Å²) in [6, 6.07) is 1.94. The lowest BCUT2D eigenvalue weighted by Crippen LogP contribution is -2.45. The number of nitrogens with one attached hydrogen (secondary N) is 1. The van der Waals surface area contributed by atoms with Crippen molar-refractivity contribution in [3.63, 3.8) is 0 Å². The summed E-state index contributed by atoms with van der Waals surface area (Å²) in [5, 5.41) is 9.07. The number of carbonyl (C=O) groups is 2. The van der Waals surface area contributed by atoms with Crippen molar-refractivity contribution in [1.29, 1.82) is 0 Å². The zero-order chi connectivity index (χ0) is 17.0. The Kier molecular flexibility index (Phi) is 5.32. The van der Waals surface area contributed by atoms with Crippen molar-refractivity contribution in [3.8, 4) is 0 Å². The number of aliphatic carboxylic acids is 1. The molecule has 0 saturated heterocycles. The first kappa shape index (κ1) is 17.4. The molecule has 1 aliphatic rings. The van der Waals surface area contributed by atoms with Gasteiger partial charge in [-0.2, -0.15) is 0 Å². The summed E-state index contributed by atoms with van der Waals surface area (Å²) in [4.78, 5) is 28.4. The second-order valence-corrected chi connectivity index (χ2v) is 7.15. The van der Waals surface area contributed by atoms with Gasteiger partial charge in [0.1, 0.15) is 10.9 Å². The Balaban J connectivity index is 1.92. The molecule has 0 aromatic carbocycles. The predicted octanol–water partition coefficient (Wildman–Crippen LogP) is 0.214. The first-order valence-electron chi connectivity index (χ1n) is 7.26. The van der Waals surface area contributed by atoms with Gasteiger partial charge >= 0.3 is 5.97 Å². The summed E-state index contributed by atoms with van der Waals surface area (Å²) >= 11 is 0. The van der Waals surface area contributed by atoms with Gasteiger partial charge in [0.05, 0.1) is 0 Å². The van der Waals surface area contributed by atoms with Crippen LogP contribution in [0.5, 0.6) is 0 Å². The number of carbonyl (C=O) groups excluding carboxylic acids is 1. The van der Waals surface area contributed by atoms with E-state index < -0.39 is 22.0 Å². The van der Waals surface area contributed by atoms with Crippen molar-refractivity contribution in [1.82, 2.24) is 14.6 Å². The first-order valence-corrected chi connectivity index (χ1v) is 8.75. The smallest absolute Gasteiger partial charge is 0.326 e. The van der Waals surface area contributed by atoms with E-state index >= 15 is 0 Å². The fourth-order valence-corrected chi connectivity index (χ4v) is 3.21. The maximum atomic E-state index is 12.2. The third-order valence-corrected chi connectivity index (χ3v) is 5.02. The largest absolute Gasteiger partial charge is 0.480 e. The molecule has 1 aromatic heterocycles. The third kappa shape index (κ3) is 4.49. The van der Waals surface area contributed by atoms with Crippen molar-refractivity contribution < 1.29 is 23.1 Å². The SMILES string of the molecule is CC(C(=O)O)N(C(=O)CCNS(=O)(=O)c1cccnc1)C1CC1. The van der Waals surface area contributed by atoms with Gasteiger partial charge in [-0.05, 0) is 31.9 Å². The van der Waals surface area contributed by atoms with E-state index in [1.165, 1.54) is 36.4 Å². The standard InChI is InChI=1S/C14H19N3O5S/c1-10(14(19)20)17(11-4-5-11)13(18)6-8-16-23(21,22)12-3-2-7-15-9-12/h2-3,7,9-11,16H,4-6,8H2,1H3,(H,19,20). The Hall–Kier alpha value is -2.00. The van der Waals surface area contributed by atoms with E-state index in [0.29, 0.717) is 0 Å². The molecule has 23 heavy (non-hydrogen) atoms. The molecule has 8 nitrogen and oxygen atoms in total. The molecular formula is C14H19N3O5S. The van der Waals surface area contributed by atoms with Gasteiger partial charge in [-0.1, -0.05) is 0 Å². The molecule has 2 rings (SSSR count). The number of pyridine rings is 1. The number of aromatic nitrogens is 1. The van der Waals surface area contributed by atoms with Crippen molar-refractivity contribution in [2.75, 3.05) is 6.54 Å². The Labute approximate surface area is 134 Å². The van der Waals surface area contributed by atoms with Crippen LogP contribution < -0.4 is 4.72 Å². The van der Waals surface area contributed by atoms with Crippen molar-refractivity contribution in [2.45, 2.75) is 43.2 Å². The number of rotatable bonds is 8. The second kappa shape index (κ2) is 7.05. The summed E-state index contributed by atoms with van der Waals surface area (Å²) in [5.74, 6) is -1.43. The molecule has 1 fully saturated rings. The molecule has 126 valence electrons. The minimum Gasteiger partial charge on any atom is -0.480 e. The Morgan fingerprint density at radius 2 is 2.17 bits per heavy atom. The fourth-order valence-electron chi connectivity index (χ4n) is 2.22. The van der Waals surface area contributed by atoms with Crippen LogP contribution in [0.3, 0.4) is 0 Å². The normalized spacial score (nSPS) is 15.9. The number of carboxylic acid groups (broad SMARTS) is 1. The highest BCUT2D eigenvalue weighted by molar-refractivity contribution is 7.89. The van der Waals surface area contributed by atoms with Crippen LogP contribution in [0, 0.1) is 0 Å². The summed E-state index contributed by atoms with van der Waals surface area (Å²) in [5.41, 5.74) is 0. The van der Waals surface area contributed by atoms with Crippen LogP contribution in [0.4, 0.5) is 0 Å². The van der Waals surface area contributed by atoms with Gasteiger partial charge in [0.2, 0.25) is 15.9 Å². The first-order chi connectivity index (χ1) is 10.8. The van der Waals surface area contributed by atoms with E-state index in [4.69, 9.17) is 5.11 Å². The topological polar surface area (TPSA) is 117 Å². The number of nitrogens with zero attached hydrogens (tertiary/aromatic N) is 2. The molecule has 1 atom stereocenters. The van der Waals surface area contributed by atoms with Gasteiger partial charge in [-0.15, -0.1) is 0 Å². The minimum absolute atomic E-state index is 0.0189. The number of hydrogen-bond donors (Lipinski definition) is 2. The Morgan fingerprint density at radius 1 is 1.48 bits per heavy atom. The molecule has 0 bridgehead atoms. The molecule has 2 N–H and O–H groups in total. The molecule has 1 heterocycles. The van der Waals surface area contributed by atoms with Gasteiger partial charge in [-0.25, -0.2) is 17.9 Å². The highest BCUT2D eigenvalue weighted by atomic mass is 32.2. The van der Waals surface area contributed by atoms with Crippen LogP contribution in [-0.4, -0.2) is 53.9 Å². The van der Waals surface area contributed by atoms with Crippen molar-refractivity contribution >= 4 is 21.9 Å². The van der Waals surface area contributed by atoms with E-state index in [2.05, 4.69) is 9.71 Å². The number of hydrogen-bond acceptors (Lipinski definition) is 5. The monoisotopic (exact) mass is 341 g/mol. The molecular weight excluding hydrogens is 322 g/mol. The van der Waals surface area contributed by atoms with E-state index in [-0.39, 0.29) is 29.8 Å². The highest BCUT2D eigenvalue weighted by Crippen LogP contribution is 2.29. The van der Waals surface area contributed by atoms with Crippen molar-refractivity contribution in [3.05, 3.63) is 24.5 Å². The van der Waals surface area contributed by atoms with E-state index in [1.807, 2.05) is 0 Å². The lowest BCUT2D eigenvalue weighted by molar-refractivity contribution is -0.150. The van der Waals surface area contributed by atoms with Crippen LogP contribution in [0.1, 0.15) is 26.2 Å². The molecule has 1 amide bonds. The molecule has 1 saturated carbocycles. The number of carboxylic acids is 1. The summed E-state index contributed by atoms with van der Waals surface area (Å²) < 4.78 is 26.3. The zero-order valence-corrected chi connectivity index (χ0v) is 13.5. The summed E-state index contributed by atoms with van der Waals surface area (Å²) in [7, 11) is -3.72. The molecule has 1 unspecified atom stereocenters. The molecule has 0 radical (unpaired) electrons. The quantitative estimate of drug-likeness (QED) is 0.698. The van der Waals surface area contributed by atoms with E-state index in [9.17, 15) is 18.0 Å². The van der Waals surface area contributed by atoms with Crippen molar-refractivity contribution in [2.24, 2.45) is 0 Å². The highest BCUT2D eigenvalue weighted by Gasteiger charge is 2.38. The molecule has 9 heteroatoms. The molecule has 0 aliphatic heterocycles. The maximum absolute atomic E-state index is 12.2. The molecule has 0 spiro atoms. The predicted molar refractivity (Wildman–Crippen MR) is 81.0 cm³/mol. The number of sulfonamides is 1. The van der Waals surface area contributed by atoms with Crippen LogP contribution in [-0.2, 0) is 19.6 Å². The lowest BCUT2D eigenvalue weighted by Gasteiger charge is -2.26. The summed E-state index contributed by atoms with van der Waals surface area (Å²) in [6.07, 6.45) is 4.15. The minimum atomic E-state index is -3.72. The maximum Gasteiger partial charge on any atom is 0.326 e. The Morgan fingerprint density at radius 3 is 2.70 bits per heavy atom. The molecule has 1 aliphatic carbocycles. The van der Waals surface area contributed by atoms with Crippen LogP contribution in [0.15, 0.2) is 29.4 Å². The average Bonchev–Trinajstić information content (AvgIpc) is 3.32. The average molecular weight is 341 g/mol. The zero-order valence-electron chi connectivity index (χ0n) is 12.7.